The Kier molecular flexibility index (Phi) is 12.6. The molecule has 0 unspecified atom stereocenters. The number of aromatic carboxylic acids is 1. The summed E-state index contributed by atoms with van der Waals surface area (Å²) >= 11 is 2.83. The summed E-state index contributed by atoms with van der Waals surface area (Å²) in [7, 11) is 0. The van der Waals surface area contributed by atoms with Crippen LogP contribution in [0.2, 0.25) is 0 Å². The first-order valence-electron chi connectivity index (χ1n) is 18.6. The average molecular weight is 870 g/mol. The van der Waals surface area contributed by atoms with Crippen LogP contribution in [-0.2, 0) is 25.2 Å². The molecule has 3 N–H and O–H groups in total. The molecule has 0 spiro atoms. The zero-order valence-corrected chi connectivity index (χ0v) is 33.4. The van der Waals surface area contributed by atoms with Gasteiger partial charge < -0.3 is 15.5 Å². The zero-order valence-electron chi connectivity index (χ0n) is 31.7. The Hall–Kier alpha value is -6.42. The number of aliphatic hydroxyl groups is 1. The Balaban J connectivity index is 0.000000185. The lowest BCUT2D eigenvalue weighted by molar-refractivity contribution is -0.138. The van der Waals surface area contributed by atoms with Crippen LogP contribution in [0.25, 0.3) is 42.7 Å². The van der Waals surface area contributed by atoms with Gasteiger partial charge in [-0.2, -0.15) is 26.3 Å². The highest BCUT2D eigenvalue weighted by Gasteiger charge is 2.31. The normalized spacial score (nSPS) is 11.7. The van der Waals surface area contributed by atoms with Crippen LogP contribution in [0.3, 0.4) is 0 Å². The van der Waals surface area contributed by atoms with E-state index in [9.17, 15) is 41.0 Å². The maximum absolute atomic E-state index is 13.0. The SMILES string of the molecule is O=C(NCCO)c1cccc(-c2cccc3nc(Cc4cccc(C(F)(F)F)c4)sc23)c1.O=C(O)c1cccc(-c2cccc3nc(Cc4cccc(C(F)(F)F)c4)sc23)c1. The standard InChI is InChI=1S/C24H19F3N2O2S.C22H14F3NO2S/c25-24(26,27)18-7-1-4-15(12-18)13-21-29-20-9-3-8-19(22(20)32-21)16-5-2-6-17(14-16)23(31)28-10-11-30;23-22(24,25)16-7-1-4-13(10-16)11-19-26-18-9-3-8-17(20(18)29-19)14-5-2-6-15(12-14)21(27)28/h1-9,12,14,30H,10-11,13H2,(H,28,31);1-10,12H,11H2,(H,27,28). The van der Waals surface area contributed by atoms with Crippen LogP contribution in [0.5, 0.6) is 0 Å². The van der Waals surface area contributed by atoms with Crippen LogP contribution in [0, 0.1) is 0 Å². The first-order chi connectivity index (χ1) is 29.2. The third-order valence-corrected chi connectivity index (χ3v) is 11.6. The van der Waals surface area contributed by atoms with Crippen molar-refractivity contribution in [3.05, 3.63) is 177 Å². The van der Waals surface area contributed by atoms with E-state index in [2.05, 4.69) is 15.3 Å². The number of alkyl halides is 6. The molecule has 0 aliphatic carbocycles. The minimum absolute atomic E-state index is 0.139. The molecular weight excluding hydrogens is 837 g/mol. The topological polar surface area (TPSA) is 112 Å². The van der Waals surface area contributed by atoms with Gasteiger partial charge in [0.05, 0.1) is 53.7 Å². The number of nitrogens with zero attached hydrogens (tertiary/aromatic N) is 2. The number of aromatic nitrogens is 2. The third-order valence-electron chi connectivity index (χ3n) is 9.39. The van der Waals surface area contributed by atoms with E-state index in [1.165, 1.54) is 40.9 Å². The van der Waals surface area contributed by atoms with Gasteiger partial charge in [-0.3, -0.25) is 4.79 Å². The highest BCUT2D eigenvalue weighted by Crippen LogP contribution is 2.37. The van der Waals surface area contributed by atoms with E-state index in [1.54, 1.807) is 42.5 Å². The highest BCUT2D eigenvalue weighted by molar-refractivity contribution is 7.19. The summed E-state index contributed by atoms with van der Waals surface area (Å²) in [6.45, 7) is 0.0344. The fraction of sp³-hybridized carbons (Fsp3) is 0.130. The Morgan fingerprint density at radius 3 is 1.48 bits per heavy atom. The van der Waals surface area contributed by atoms with E-state index in [1.807, 2.05) is 48.5 Å². The number of benzene rings is 6. The van der Waals surface area contributed by atoms with E-state index in [4.69, 9.17) is 5.11 Å². The van der Waals surface area contributed by atoms with Crippen molar-refractivity contribution in [2.75, 3.05) is 13.2 Å². The Labute approximate surface area is 352 Å². The number of carbonyl (C=O) groups excluding carboxylic acids is 1. The van der Waals surface area contributed by atoms with Gasteiger partial charge in [0.25, 0.3) is 5.91 Å². The summed E-state index contributed by atoms with van der Waals surface area (Å²) in [6, 6.07) is 35.5. The van der Waals surface area contributed by atoms with Crippen LogP contribution in [0.15, 0.2) is 133 Å². The molecule has 15 heteroatoms. The van der Waals surface area contributed by atoms with Crippen molar-refractivity contribution in [2.24, 2.45) is 0 Å². The molecule has 0 saturated heterocycles. The Morgan fingerprint density at radius 1 is 0.574 bits per heavy atom. The first kappa shape index (κ1) is 42.7. The molecule has 1 amide bonds. The lowest BCUT2D eigenvalue weighted by Crippen LogP contribution is -2.26. The van der Waals surface area contributed by atoms with Crippen LogP contribution in [0.4, 0.5) is 26.3 Å². The minimum Gasteiger partial charge on any atom is -0.478 e. The quantitative estimate of drug-likeness (QED) is 0.118. The zero-order chi connectivity index (χ0) is 43.3. The van der Waals surface area contributed by atoms with Gasteiger partial charge in [0.1, 0.15) is 0 Å². The molecule has 7 nitrogen and oxygen atoms in total. The number of hydrogen-bond acceptors (Lipinski definition) is 7. The summed E-state index contributed by atoms with van der Waals surface area (Å²) in [5.41, 5.74) is 5.21. The lowest BCUT2D eigenvalue weighted by Gasteiger charge is -2.07. The number of hydrogen-bond donors (Lipinski definition) is 3. The molecule has 0 aliphatic heterocycles. The predicted octanol–water partition coefficient (Wildman–Crippen LogP) is 11.6. The molecule has 310 valence electrons. The van der Waals surface area contributed by atoms with Crippen molar-refractivity contribution < 1.29 is 46.1 Å². The molecule has 0 atom stereocenters. The average Bonchev–Trinajstić information content (AvgIpc) is 3.86. The van der Waals surface area contributed by atoms with Crippen molar-refractivity contribution in [2.45, 2.75) is 25.2 Å². The van der Waals surface area contributed by atoms with E-state index in [0.29, 0.717) is 33.1 Å². The maximum atomic E-state index is 13.0. The molecule has 0 radical (unpaired) electrons. The number of amides is 1. The molecular formula is C46H33F6N3O4S2. The number of aliphatic hydroxyl groups excluding tert-OH is 1. The number of fused-ring (bicyclic) bond motifs is 2. The van der Waals surface area contributed by atoms with Gasteiger partial charge in [-0.05, 0) is 70.8 Å². The second-order valence-electron chi connectivity index (χ2n) is 13.7. The molecule has 8 aromatic rings. The van der Waals surface area contributed by atoms with Crippen LogP contribution < -0.4 is 5.32 Å². The predicted molar refractivity (Wildman–Crippen MR) is 225 cm³/mol. The number of carboxylic acid groups (broad SMARTS) is 1. The van der Waals surface area contributed by atoms with Crippen LogP contribution >= 0.6 is 22.7 Å². The molecule has 0 saturated carbocycles. The van der Waals surface area contributed by atoms with Gasteiger partial charge in [0, 0.05) is 36.1 Å². The number of carboxylic acids is 1. The fourth-order valence-electron chi connectivity index (χ4n) is 6.58. The monoisotopic (exact) mass is 869 g/mol. The summed E-state index contributed by atoms with van der Waals surface area (Å²) in [4.78, 5) is 32.7. The number of thiazole rings is 2. The van der Waals surface area contributed by atoms with Crippen molar-refractivity contribution in [1.82, 2.24) is 15.3 Å². The van der Waals surface area contributed by atoms with Crippen LogP contribution in [0.1, 0.15) is 53.0 Å². The van der Waals surface area contributed by atoms with Gasteiger partial charge in [0.2, 0.25) is 0 Å². The summed E-state index contributed by atoms with van der Waals surface area (Å²) < 4.78 is 79.7. The van der Waals surface area contributed by atoms with E-state index in [0.717, 1.165) is 67.0 Å². The fourth-order valence-corrected chi connectivity index (χ4v) is 8.84. The van der Waals surface area contributed by atoms with E-state index in [-0.39, 0.29) is 31.0 Å². The highest BCUT2D eigenvalue weighted by atomic mass is 32.1. The lowest BCUT2D eigenvalue weighted by atomic mass is 10.0. The van der Waals surface area contributed by atoms with Gasteiger partial charge in [-0.25, -0.2) is 14.8 Å². The molecule has 6 aromatic carbocycles. The Morgan fingerprint density at radius 2 is 1.02 bits per heavy atom. The number of nitrogens with one attached hydrogen (secondary N) is 1. The van der Waals surface area contributed by atoms with Crippen molar-refractivity contribution in [3.63, 3.8) is 0 Å². The van der Waals surface area contributed by atoms with E-state index >= 15 is 0 Å². The van der Waals surface area contributed by atoms with Crippen molar-refractivity contribution in [1.29, 1.82) is 0 Å². The van der Waals surface area contributed by atoms with Gasteiger partial charge in [-0.1, -0.05) is 84.9 Å². The maximum Gasteiger partial charge on any atom is 0.416 e. The third kappa shape index (κ3) is 10.3. The number of carbonyl (C=O) groups is 2. The second-order valence-corrected chi connectivity index (χ2v) is 15.9. The molecule has 0 aliphatic rings. The molecule has 0 bridgehead atoms. The first-order valence-corrected chi connectivity index (χ1v) is 20.2. The largest absolute Gasteiger partial charge is 0.478 e. The molecule has 2 heterocycles. The van der Waals surface area contributed by atoms with Gasteiger partial charge in [-0.15, -0.1) is 22.7 Å². The number of rotatable bonds is 10. The van der Waals surface area contributed by atoms with Crippen LogP contribution in [-0.4, -0.2) is 45.2 Å². The summed E-state index contributed by atoms with van der Waals surface area (Å²) in [6.07, 6.45) is -8.18. The number of halogens is 6. The summed E-state index contributed by atoms with van der Waals surface area (Å²) in [5.74, 6) is -1.28. The van der Waals surface area contributed by atoms with Crippen molar-refractivity contribution >= 4 is 55.0 Å². The summed E-state index contributed by atoms with van der Waals surface area (Å²) in [5, 5.41) is 22.2. The smallest absolute Gasteiger partial charge is 0.416 e. The van der Waals surface area contributed by atoms with Gasteiger partial charge in [0.15, 0.2) is 0 Å². The molecule has 61 heavy (non-hydrogen) atoms. The molecule has 2 aromatic heterocycles. The van der Waals surface area contributed by atoms with Crippen molar-refractivity contribution in [3.8, 4) is 22.3 Å². The second kappa shape index (κ2) is 18.1. The Bertz CT molecular complexity index is 2870. The van der Waals surface area contributed by atoms with Gasteiger partial charge >= 0.3 is 18.3 Å². The minimum atomic E-state index is -4.38. The molecule has 0 fully saturated rings. The van der Waals surface area contributed by atoms with E-state index < -0.39 is 29.4 Å². The molecule has 8 rings (SSSR count).